The fourth-order valence-electron chi connectivity index (χ4n) is 5.66. The third-order valence-corrected chi connectivity index (χ3v) is 7.86. The fraction of sp³-hybridized carbons (Fsp3) is 0. The van der Waals surface area contributed by atoms with Gasteiger partial charge in [0.1, 0.15) is 0 Å². The molecule has 2 aromatic heterocycles. The van der Waals surface area contributed by atoms with Crippen LogP contribution in [-0.2, 0) is 0 Å². The summed E-state index contributed by atoms with van der Waals surface area (Å²) in [5.74, 6) is 0.675. The zero-order valence-electron chi connectivity index (χ0n) is 22.8. The van der Waals surface area contributed by atoms with Crippen LogP contribution in [0.3, 0.4) is 0 Å². The lowest BCUT2D eigenvalue weighted by Gasteiger charge is -2.12. The number of benzene rings is 6. The SMILES string of the molecule is c1ccc(-c2cc(-c3nc(-c4ccc5ccccc5c4)cc(-c4ccc5cc6ccccc6cc5c4)n3)ccn2)cc1. The van der Waals surface area contributed by atoms with E-state index in [1.807, 2.05) is 30.5 Å². The van der Waals surface area contributed by atoms with Crippen molar-refractivity contribution in [3.63, 3.8) is 0 Å². The highest BCUT2D eigenvalue weighted by atomic mass is 14.9. The second kappa shape index (κ2) is 10.1. The summed E-state index contributed by atoms with van der Waals surface area (Å²) in [4.78, 5) is 14.9. The van der Waals surface area contributed by atoms with Gasteiger partial charge in [-0.25, -0.2) is 9.97 Å². The summed E-state index contributed by atoms with van der Waals surface area (Å²) in [5, 5.41) is 7.26. The molecule has 3 heteroatoms. The molecule has 0 saturated heterocycles. The number of hydrogen-bond acceptors (Lipinski definition) is 3. The molecule has 42 heavy (non-hydrogen) atoms. The number of aromatic nitrogens is 3. The predicted octanol–water partition coefficient (Wildman–Crippen LogP) is 10.00. The molecule has 0 spiro atoms. The average molecular weight is 536 g/mol. The summed E-state index contributed by atoms with van der Waals surface area (Å²) in [5.41, 5.74) is 6.77. The molecule has 0 radical (unpaired) electrons. The van der Waals surface area contributed by atoms with E-state index in [1.165, 1.54) is 32.3 Å². The van der Waals surface area contributed by atoms with Crippen molar-refractivity contribution in [2.75, 3.05) is 0 Å². The van der Waals surface area contributed by atoms with Gasteiger partial charge in [-0.2, -0.15) is 0 Å². The Morgan fingerprint density at radius 3 is 1.57 bits per heavy atom. The van der Waals surface area contributed by atoms with Gasteiger partial charge in [0.25, 0.3) is 0 Å². The van der Waals surface area contributed by atoms with Crippen molar-refractivity contribution in [3.05, 3.63) is 152 Å². The van der Waals surface area contributed by atoms with Crippen molar-refractivity contribution in [2.24, 2.45) is 0 Å². The fourth-order valence-corrected chi connectivity index (χ4v) is 5.66. The molecule has 0 aliphatic rings. The van der Waals surface area contributed by atoms with Crippen molar-refractivity contribution in [3.8, 4) is 45.2 Å². The highest BCUT2D eigenvalue weighted by Gasteiger charge is 2.13. The van der Waals surface area contributed by atoms with Gasteiger partial charge in [-0.05, 0) is 74.8 Å². The Morgan fingerprint density at radius 1 is 0.310 bits per heavy atom. The lowest BCUT2D eigenvalue weighted by atomic mass is 9.99. The van der Waals surface area contributed by atoms with Gasteiger partial charge in [0, 0.05) is 28.5 Å². The van der Waals surface area contributed by atoms with Crippen LogP contribution >= 0.6 is 0 Å². The molecule has 0 N–H and O–H groups in total. The first-order valence-corrected chi connectivity index (χ1v) is 14.1. The zero-order valence-corrected chi connectivity index (χ0v) is 22.8. The van der Waals surface area contributed by atoms with Crippen LogP contribution in [0.15, 0.2) is 152 Å². The quantitative estimate of drug-likeness (QED) is 0.211. The van der Waals surface area contributed by atoms with Crippen LogP contribution in [0.25, 0.3) is 77.5 Å². The Labute approximate surface area is 243 Å². The summed E-state index contributed by atoms with van der Waals surface area (Å²) >= 11 is 0. The summed E-state index contributed by atoms with van der Waals surface area (Å²) in [7, 11) is 0. The van der Waals surface area contributed by atoms with E-state index in [-0.39, 0.29) is 0 Å². The van der Waals surface area contributed by atoms with E-state index in [1.54, 1.807) is 0 Å². The molecule has 2 heterocycles. The first kappa shape index (κ1) is 24.2. The summed E-state index contributed by atoms with van der Waals surface area (Å²) in [6.07, 6.45) is 1.84. The average Bonchev–Trinajstić information content (AvgIpc) is 3.07. The Hall–Kier alpha value is -5.67. The van der Waals surface area contributed by atoms with Crippen LogP contribution in [-0.4, -0.2) is 15.0 Å². The van der Waals surface area contributed by atoms with E-state index in [4.69, 9.17) is 9.97 Å². The van der Waals surface area contributed by atoms with E-state index >= 15 is 0 Å². The van der Waals surface area contributed by atoms with Gasteiger partial charge < -0.3 is 0 Å². The topological polar surface area (TPSA) is 38.7 Å². The summed E-state index contributed by atoms with van der Waals surface area (Å²) in [6, 6.07) is 50.9. The molecule has 8 rings (SSSR count). The smallest absolute Gasteiger partial charge is 0.160 e. The standard InChI is InChI=1S/C39H25N3/c1-2-9-27(10-3-1)36-24-34(18-19-40-36)39-41-37(32-16-14-26-8-4-5-11-28(26)21-32)25-38(42-39)33-17-15-31-20-29-12-6-7-13-30(29)22-35(31)23-33/h1-25H. The van der Waals surface area contributed by atoms with E-state index < -0.39 is 0 Å². The monoisotopic (exact) mass is 535 g/mol. The van der Waals surface area contributed by atoms with Crippen LogP contribution in [0.1, 0.15) is 0 Å². The third-order valence-electron chi connectivity index (χ3n) is 7.86. The van der Waals surface area contributed by atoms with Crippen LogP contribution in [0, 0.1) is 0 Å². The highest BCUT2D eigenvalue weighted by molar-refractivity contribution is 5.99. The molecule has 0 aliphatic carbocycles. The van der Waals surface area contributed by atoms with Crippen LogP contribution in [0.5, 0.6) is 0 Å². The molecule has 0 fully saturated rings. The van der Waals surface area contributed by atoms with Crippen molar-refractivity contribution in [1.29, 1.82) is 0 Å². The zero-order chi connectivity index (χ0) is 27.9. The molecule has 3 nitrogen and oxygen atoms in total. The van der Waals surface area contributed by atoms with Crippen LogP contribution < -0.4 is 0 Å². The van der Waals surface area contributed by atoms with Crippen molar-refractivity contribution in [1.82, 2.24) is 15.0 Å². The normalized spacial score (nSPS) is 11.3. The number of hydrogen-bond donors (Lipinski definition) is 0. The molecule has 0 saturated carbocycles. The minimum Gasteiger partial charge on any atom is -0.256 e. The Balaban J connectivity index is 1.31. The van der Waals surface area contributed by atoms with Crippen molar-refractivity contribution >= 4 is 32.3 Å². The number of pyridine rings is 1. The molecule has 196 valence electrons. The van der Waals surface area contributed by atoms with E-state index in [0.717, 1.165) is 39.3 Å². The lowest BCUT2D eigenvalue weighted by molar-refractivity contribution is 1.18. The minimum absolute atomic E-state index is 0.675. The molecule has 6 aromatic carbocycles. The van der Waals surface area contributed by atoms with Gasteiger partial charge in [0.05, 0.1) is 17.1 Å². The largest absolute Gasteiger partial charge is 0.256 e. The second-order valence-electron chi connectivity index (χ2n) is 10.6. The molecule has 0 aliphatic heterocycles. The third kappa shape index (κ3) is 4.47. The Morgan fingerprint density at radius 2 is 0.857 bits per heavy atom. The predicted molar refractivity (Wildman–Crippen MR) is 174 cm³/mol. The van der Waals surface area contributed by atoms with Crippen molar-refractivity contribution in [2.45, 2.75) is 0 Å². The molecular weight excluding hydrogens is 510 g/mol. The first-order valence-electron chi connectivity index (χ1n) is 14.1. The summed E-state index contributed by atoms with van der Waals surface area (Å²) < 4.78 is 0. The maximum atomic E-state index is 5.13. The van der Waals surface area contributed by atoms with Gasteiger partial charge in [-0.1, -0.05) is 103 Å². The minimum atomic E-state index is 0.675. The van der Waals surface area contributed by atoms with E-state index in [2.05, 4.69) is 126 Å². The molecular formula is C39H25N3. The molecule has 8 aromatic rings. The Bertz CT molecular complexity index is 2250. The number of nitrogens with zero attached hydrogens (tertiary/aromatic N) is 3. The van der Waals surface area contributed by atoms with E-state index in [9.17, 15) is 0 Å². The van der Waals surface area contributed by atoms with Crippen LogP contribution in [0.2, 0.25) is 0 Å². The Kier molecular flexibility index (Phi) is 5.79. The number of rotatable bonds is 4. The van der Waals surface area contributed by atoms with E-state index in [0.29, 0.717) is 5.82 Å². The molecule has 0 bridgehead atoms. The maximum absolute atomic E-state index is 5.13. The highest BCUT2D eigenvalue weighted by Crippen LogP contribution is 2.32. The molecule has 0 unspecified atom stereocenters. The van der Waals surface area contributed by atoms with Gasteiger partial charge in [-0.15, -0.1) is 0 Å². The second-order valence-corrected chi connectivity index (χ2v) is 10.6. The van der Waals surface area contributed by atoms with Gasteiger partial charge in [0.15, 0.2) is 5.82 Å². The van der Waals surface area contributed by atoms with Gasteiger partial charge >= 0.3 is 0 Å². The lowest BCUT2D eigenvalue weighted by Crippen LogP contribution is -1.97. The number of fused-ring (bicyclic) bond motifs is 3. The van der Waals surface area contributed by atoms with Gasteiger partial charge in [-0.3, -0.25) is 4.98 Å². The van der Waals surface area contributed by atoms with Crippen molar-refractivity contribution < 1.29 is 0 Å². The molecule has 0 atom stereocenters. The maximum Gasteiger partial charge on any atom is 0.160 e. The summed E-state index contributed by atoms with van der Waals surface area (Å²) in [6.45, 7) is 0. The van der Waals surface area contributed by atoms with Gasteiger partial charge in [0.2, 0.25) is 0 Å². The first-order chi connectivity index (χ1) is 20.8. The van der Waals surface area contributed by atoms with Crippen LogP contribution in [0.4, 0.5) is 0 Å². The molecule has 0 amide bonds.